The number of azide groups is 1. The van der Waals surface area contributed by atoms with Crippen LogP contribution in [0.1, 0.15) is 11.8 Å². The van der Waals surface area contributed by atoms with Gasteiger partial charge in [0.15, 0.2) is 6.23 Å². The molecule has 1 aliphatic rings. The first-order valence-electron chi connectivity index (χ1n) is 8.42. The van der Waals surface area contributed by atoms with Gasteiger partial charge in [0.25, 0.3) is 5.56 Å². The molecule has 2 heterocycles. The second kappa shape index (κ2) is 8.03. The number of nitrogens with one attached hydrogen (secondary N) is 1. The maximum absolute atomic E-state index is 12.2. The maximum Gasteiger partial charge on any atom is 0.330 e. The van der Waals surface area contributed by atoms with Crippen LogP contribution in [0, 0.1) is 6.92 Å². The second-order valence-electron chi connectivity index (χ2n) is 6.21. The standard InChI is InChI=1S/C18H19N5O5/c1-10-8-23(18(25)20-16(10)24)17-15(21-22-19)11(2)14(28-17)9-27-13-6-4-12(26-3)5-7-13/h4-8,14-15,17H,2,9H2,1,3H3,(H,20,24,25)/t14-,15?,17-/m1/s1. The van der Waals surface area contributed by atoms with Crippen molar-refractivity contribution in [3.8, 4) is 11.5 Å². The van der Waals surface area contributed by atoms with Crippen LogP contribution in [0.2, 0.25) is 0 Å². The lowest BCUT2D eigenvalue weighted by atomic mass is 10.1. The molecule has 146 valence electrons. The minimum atomic E-state index is -0.934. The molecule has 3 atom stereocenters. The minimum absolute atomic E-state index is 0.107. The molecular weight excluding hydrogens is 366 g/mol. The fourth-order valence-corrected chi connectivity index (χ4v) is 2.87. The Bertz CT molecular complexity index is 1040. The lowest BCUT2D eigenvalue weighted by Gasteiger charge is -2.18. The van der Waals surface area contributed by atoms with Gasteiger partial charge in [-0.05, 0) is 42.3 Å². The summed E-state index contributed by atoms with van der Waals surface area (Å²) in [6.07, 6.45) is -0.177. The van der Waals surface area contributed by atoms with Gasteiger partial charge in [0.2, 0.25) is 0 Å². The highest BCUT2D eigenvalue weighted by Crippen LogP contribution is 2.34. The molecule has 1 unspecified atom stereocenters. The molecule has 0 amide bonds. The Labute approximate surface area is 159 Å². The normalized spacial score (nSPS) is 21.2. The van der Waals surface area contributed by atoms with Crippen molar-refractivity contribution in [1.82, 2.24) is 9.55 Å². The zero-order valence-electron chi connectivity index (χ0n) is 15.4. The third-order valence-corrected chi connectivity index (χ3v) is 4.42. The minimum Gasteiger partial charge on any atom is -0.497 e. The van der Waals surface area contributed by atoms with E-state index >= 15 is 0 Å². The van der Waals surface area contributed by atoms with Crippen LogP contribution in [0.25, 0.3) is 10.4 Å². The number of aryl methyl sites for hydroxylation is 1. The Morgan fingerprint density at radius 1 is 1.32 bits per heavy atom. The zero-order valence-corrected chi connectivity index (χ0v) is 15.4. The van der Waals surface area contributed by atoms with Crippen LogP contribution in [0.4, 0.5) is 0 Å². The van der Waals surface area contributed by atoms with Crippen LogP contribution >= 0.6 is 0 Å². The molecule has 1 saturated heterocycles. The van der Waals surface area contributed by atoms with Crippen molar-refractivity contribution in [2.24, 2.45) is 5.11 Å². The lowest BCUT2D eigenvalue weighted by Crippen LogP contribution is -2.36. The van der Waals surface area contributed by atoms with Crippen molar-refractivity contribution in [2.75, 3.05) is 13.7 Å². The van der Waals surface area contributed by atoms with E-state index in [-0.39, 0.29) is 6.61 Å². The summed E-state index contributed by atoms with van der Waals surface area (Å²) in [4.78, 5) is 28.8. The molecule has 0 saturated carbocycles. The SMILES string of the molecule is C=C1C(N=[N+]=[N-])[C@H](n2cc(C)c(=O)[nH]c2=O)O[C@@H]1COc1ccc(OC)cc1. The first-order valence-corrected chi connectivity index (χ1v) is 8.42. The van der Waals surface area contributed by atoms with E-state index in [1.54, 1.807) is 38.3 Å². The van der Waals surface area contributed by atoms with Gasteiger partial charge in [0, 0.05) is 16.7 Å². The smallest absolute Gasteiger partial charge is 0.330 e. The summed E-state index contributed by atoms with van der Waals surface area (Å²) in [6, 6.07) is 6.18. The predicted octanol–water partition coefficient (Wildman–Crippen LogP) is 2.07. The van der Waals surface area contributed by atoms with E-state index in [1.165, 1.54) is 10.8 Å². The Kier molecular flexibility index (Phi) is 5.53. The van der Waals surface area contributed by atoms with Crippen LogP contribution in [-0.4, -0.2) is 35.4 Å². The van der Waals surface area contributed by atoms with Gasteiger partial charge in [-0.2, -0.15) is 0 Å². The zero-order chi connectivity index (χ0) is 20.3. The van der Waals surface area contributed by atoms with Gasteiger partial charge in [-0.1, -0.05) is 11.7 Å². The van der Waals surface area contributed by atoms with Crippen LogP contribution in [0.5, 0.6) is 11.5 Å². The Morgan fingerprint density at radius 3 is 2.64 bits per heavy atom. The second-order valence-corrected chi connectivity index (χ2v) is 6.21. The number of aromatic amines is 1. The summed E-state index contributed by atoms with van der Waals surface area (Å²) in [6.45, 7) is 5.61. The molecular formula is C18H19N5O5. The van der Waals surface area contributed by atoms with Gasteiger partial charge in [0.05, 0.1) is 7.11 Å². The molecule has 10 heteroatoms. The number of aromatic nitrogens is 2. The van der Waals surface area contributed by atoms with E-state index in [4.69, 9.17) is 19.7 Å². The highest BCUT2D eigenvalue weighted by Gasteiger charge is 2.40. The van der Waals surface area contributed by atoms with Crippen molar-refractivity contribution >= 4 is 0 Å². The molecule has 2 aromatic rings. The lowest BCUT2D eigenvalue weighted by molar-refractivity contribution is -0.0191. The summed E-state index contributed by atoms with van der Waals surface area (Å²) in [5.74, 6) is 1.29. The molecule has 1 aliphatic heterocycles. The predicted molar refractivity (Wildman–Crippen MR) is 101 cm³/mol. The van der Waals surface area contributed by atoms with Gasteiger partial charge in [-0.25, -0.2) is 4.79 Å². The van der Waals surface area contributed by atoms with Gasteiger partial charge >= 0.3 is 5.69 Å². The molecule has 28 heavy (non-hydrogen) atoms. The number of benzene rings is 1. The van der Waals surface area contributed by atoms with E-state index in [2.05, 4.69) is 21.6 Å². The summed E-state index contributed by atoms with van der Waals surface area (Å²) in [5.41, 5.74) is 8.55. The molecule has 0 aliphatic carbocycles. The van der Waals surface area contributed by atoms with Crippen LogP contribution in [-0.2, 0) is 4.74 Å². The Hall–Kier alpha value is -3.49. The average molecular weight is 385 g/mol. The third kappa shape index (κ3) is 3.78. The number of hydrogen-bond acceptors (Lipinski definition) is 6. The first kappa shape index (κ1) is 19.3. The van der Waals surface area contributed by atoms with E-state index in [0.717, 1.165) is 0 Å². The number of ether oxygens (including phenoxy) is 3. The molecule has 3 rings (SSSR count). The van der Waals surface area contributed by atoms with Gasteiger partial charge in [-0.15, -0.1) is 0 Å². The fraction of sp³-hybridized carbons (Fsp3) is 0.333. The molecule has 10 nitrogen and oxygen atoms in total. The largest absolute Gasteiger partial charge is 0.497 e. The number of rotatable bonds is 6. The molecule has 1 fully saturated rings. The monoisotopic (exact) mass is 385 g/mol. The molecule has 1 aromatic heterocycles. The van der Waals surface area contributed by atoms with Crippen molar-refractivity contribution in [2.45, 2.75) is 25.3 Å². The van der Waals surface area contributed by atoms with Crippen LogP contribution in [0.15, 0.2) is 57.3 Å². The topological polar surface area (TPSA) is 131 Å². The van der Waals surface area contributed by atoms with Crippen LogP contribution < -0.4 is 20.7 Å². The first-order chi connectivity index (χ1) is 13.4. The number of methoxy groups -OCH3 is 1. The van der Waals surface area contributed by atoms with Gasteiger partial charge in [-0.3, -0.25) is 14.3 Å². The van der Waals surface area contributed by atoms with Crippen molar-refractivity contribution in [3.05, 3.63) is 79.5 Å². The third-order valence-electron chi connectivity index (χ3n) is 4.42. The summed E-state index contributed by atoms with van der Waals surface area (Å²) >= 11 is 0. The molecule has 1 N–H and O–H groups in total. The highest BCUT2D eigenvalue weighted by atomic mass is 16.6. The summed E-state index contributed by atoms with van der Waals surface area (Å²) in [7, 11) is 1.57. The van der Waals surface area contributed by atoms with Crippen molar-refractivity contribution < 1.29 is 14.2 Å². The van der Waals surface area contributed by atoms with Gasteiger partial charge < -0.3 is 14.2 Å². The van der Waals surface area contributed by atoms with E-state index in [9.17, 15) is 9.59 Å². The summed E-state index contributed by atoms with van der Waals surface area (Å²) < 4.78 is 17.9. The van der Waals surface area contributed by atoms with E-state index in [1.807, 2.05) is 0 Å². The quantitative estimate of drug-likeness (QED) is 0.352. The number of nitrogens with zero attached hydrogens (tertiary/aromatic N) is 4. The van der Waals surface area contributed by atoms with E-state index in [0.29, 0.717) is 22.6 Å². The molecule has 1 aromatic carbocycles. The maximum atomic E-state index is 12.2. The molecule has 0 bridgehead atoms. The molecule has 0 radical (unpaired) electrons. The highest BCUT2D eigenvalue weighted by molar-refractivity contribution is 5.31. The van der Waals surface area contributed by atoms with Crippen molar-refractivity contribution in [1.29, 1.82) is 0 Å². The van der Waals surface area contributed by atoms with Crippen LogP contribution in [0.3, 0.4) is 0 Å². The Balaban J connectivity index is 1.82. The Morgan fingerprint density at radius 2 is 2.00 bits per heavy atom. The van der Waals surface area contributed by atoms with Crippen molar-refractivity contribution in [3.63, 3.8) is 0 Å². The van der Waals surface area contributed by atoms with E-state index < -0.39 is 29.6 Å². The number of hydrogen-bond donors (Lipinski definition) is 1. The van der Waals surface area contributed by atoms with Gasteiger partial charge in [0.1, 0.15) is 30.3 Å². The summed E-state index contributed by atoms with van der Waals surface area (Å²) in [5, 5.41) is 3.72. The molecule has 0 spiro atoms. The average Bonchev–Trinajstić information content (AvgIpc) is 2.99. The number of H-pyrrole nitrogens is 1. The fourth-order valence-electron chi connectivity index (χ4n) is 2.87.